The second-order valence-corrected chi connectivity index (χ2v) is 7.21. The first-order valence-corrected chi connectivity index (χ1v) is 9.83. The highest BCUT2D eigenvalue weighted by molar-refractivity contribution is 5.98. The number of fused-ring (bicyclic) bond motifs is 4. The Morgan fingerprint density at radius 2 is 2.03 bits per heavy atom. The normalized spacial score (nSPS) is 12.3. The van der Waals surface area contributed by atoms with Crippen LogP contribution < -0.4 is 16.5 Å². The Balaban J connectivity index is 1.54. The molecule has 1 aromatic carbocycles. The maximum atomic E-state index is 12.5. The van der Waals surface area contributed by atoms with Crippen molar-refractivity contribution in [2.45, 2.75) is 25.3 Å². The van der Waals surface area contributed by atoms with Gasteiger partial charge in [0.15, 0.2) is 16.8 Å². The Hall–Kier alpha value is -3.85. The fourth-order valence-corrected chi connectivity index (χ4v) is 3.35. The standard InChI is InChI=1S/C22H20N4O5/c23-14(22(29)30)5-1-2-8-25-21(28)12-6-7-17-15(10-12)26-20-18(31-17)11-16(27)13-4-3-9-24-19(13)20/h3-4,6-7,9-11,14H,1-2,5,8,23H2,(H,25,28)(H,29,30)/t14-/m0/s1. The van der Waals surface area contributed by atoms with E-state index in [0.717, 1.165) is 0 Å². The van der Waals surface area contributed by atoms with Crippen LogP contribution in [0.3, 0.4) is 0 Å². The summed E-state index contributed by atoms with van der Waals surface area (Å²) in [6, 6.07) is 8.75. The molecule has 1 amide bonds. The molecule has 158 valence electrons. The third kappa shape index (κ3) is 4.22. The van der Waals surface area contributed by atoms with Crippen molar-refractivity contribution in [1.29, 1.82) is 0 Å². The summed E-state index contributed by atoms with van der Waals surface area (Å²) >= 11 is 0. The van der Waals surface area contributed by atoms with Crippen LogP contribution in [0.5, 0.6) is 0 Å². The monoisotopic (exact) mass is 420 g/mol. The number of carboxylic acids is 1. The van der Waals surface area contributed by atoms with E-state index < -0.39 is 12.0 Å². The van der Waals surface area contributed by atoms with Crippen molar-refractivity contribution in [3.63, 3.8) is 0 Å². The van der Waals surface area contributed by atoms with Crippen LogP contribution in [0, 0.1) is 0 Å². The number of unbranched alkanes of at least 4 members (excludes halogenated alkanes) is 1. The van der Waals surface area contributed by atoms with Crippen LogP contribution >= 0.6 is 0 Å². The number of aromatic nitrogens is 2. The van der Waals surface area contributed by atoms with Gasteiger partial charge < -0.3 is 20.6 Å². The molecule has 2 aromatic rings. The summed E-state index contributed by atoms with van der Waals surface area (Å²) in [4.78, 5) is 44.3. The van der Waals surface area contributed by atoms with Gasteiger partial charge in [-0.1, -0.05) is 0 Å². The lowest BCUT2D eigenvalue weighted by molar-refractivity contribution is -0.138. The van der Waals surface area contributed by atoms with Gasteiger partial charge in [0.2, 0.25) is 0 Å². The van der Waals surface area contributed by atoms with Crippen molar-refractivity contribution in [3.8, 4) is 11.5 Å². The maximum absolute atomic E-state index is 12.5. The van der Waals surface area contributed by atoms with E-state index in [9.17, 15) is 14.4 Å². The summed E-state index contributed by atoms with van der Waals surface area (Å²) in [7, 11) is 0. The number of nitrogens with zero attached hydrogens (tertiary/aromatic N) is 2. The van der Waals surface area contributed by atoms with Crippen molar-refractivity contribution in [2.24, 2.45) is 5.73 Å². The third-order valence-corrected chi connectivity index (χ3v) is 5.01. The number of rotatable bonds is 7. The molecule has 0 saturated carbocycles. The average Bonchev–Trinajstić information content (AvgIpc) is 2.77. The highest BCUT2D eigenvalue weighted by Gasteiger charge is 2.17. The number of carbonyl (C=O) groups is 2. The molecule has 2 aliphatic rings. The molecule has 1 atom stereocenters. The van der Waals surface area contributed by atoms with Gasteiger partial charge in [-0.25, -0.2) is 4.98 Å². The Morgan fingerprint density at radius 1 is 1.19 bits per heavy atom. The summed E-state index contributed by atoms with van der Waals surface area (Å²) < 4.78 is 5.83. The van der Waals surface area contributed by atoms with Crippen molar-refractivity contribution in [1.82, 2.24) is 15.3 Å². The smallest absolute Gasteiger partial charge is 0.320 e. The molecule has 0 spiro atoms. The SMILES string of the molecule is N[C@@H](CCCCNC(=O)c1ccc2oc3cc(=O)c4cccnc4c-3nc2c1)C(=O)O. The van der Waals surface area contributed by atoms with Crippen LogP contribution in [0.15, 0.2) is 51.8 Å². The van der Waals surface area contributed by atoms with Crippen LogP contribution in [0.1, 0.15) is 29.6 Å². The van der Waals surface area contributed by atoms with Crippen molar-refractivity contribution in [2.75, 3.05) is 6.54 Å². The molecular formula is C22H20N4O5. The van der Waals surface area contributed by atoms with Gasteiger partial charge in [-0.15, -0.1) is 0 Å². The van der Waals surface area contributed by atoms with Gasteiger partial charge in [-0.05, 0) is 49.6 Å². The Morgan fingerprint density at radius 3 is 2.84 bits per heavy atom. The first-order valence-electron chi connectivity index (χ1n) is 9.83. The van der Waals surface area contributed by atoms with E-state index in [1.54, 1.807) is 36.5 Å². The zero-order valence-corrected chi connectivity index (χ0v) is 16.5. The Labute approximate surface area is 176 Å². The molecule has 9 nitrogen and oxygen atoms in total. The molecule has 4 N–H and O–H groups in total. The number of aliphatic carboxylic acids is 1. The van der Waals surface area contributed by atoms with E-state index in [4.69, 9.17) is 15.3 Å². The molecule has 0 saturated heterocycles. The quantitative estimate of drug-likeness (QED) is 0.234. The number of carboxylic acid groups (broad SMARTS) is 1. The molecule has 31 heavy (non-hydrogen) atoms. The number of benzene rings is 2. The molecule has 1 aliphatic heterocycles. The summed E-state index contributed by atoms with van der Waals surface area (Å²) in [5.74, 6) is -0.968. The Bertz CT molecular complexity index is 1320. The lowest BCUT2D eigenvalue weighted by Crippen LogP contribution is -2.30. The Kier molecular flexibility index (Phi) is 5.59. The predicted octanol–water partition coefficient (Wildman–Crippen LogP) is 2.15. The van der Waals surface area contributed by atoms with Crippen LogP contribution in [0.2, 0.25) is 0 Å². The molecule has 1 aromatic heterocycles. The zero-order valence-electron chi connectivity index (χ0n) is 16.5. The molecular weight excluding hydrogens is 400 g/mol. The number of hydrogen-bond donors (Lipinski definition) is 3. The van der Waals surface area contributed by atoms with Crippen LogP contribution in [0.25, 0.3) is 33.5 Å². The van der Waals surface area contributed by atoms with Crippen molar-refractivity contribution in [3.05, 3.63) is 58.4 Å². The number of pyridine rings is 1. The fraction of sp³-hybridized carbons (Fsp3) is 0.227. The fourth-order valence-electron chi connectivity index (χ4n) is 3.35. The van der Waals surface area contributed by atoms with Crippen molar-refractivity contribution >= 4 is 33.9 Å². The topological polar surface area (TPSA) is 148 Å². The highest BCUT2D eigenvalue weighted by atomic mass is 16.4. The van der Waals surface area contributed by atoms with E-state index in [1.165, 1.54) is 6.07 Å². The van der Waals surface area contributed by atoms with Gasteiger partial charge in [0.1, 0.15) is 22.8 Å². The lowest BCUT2D eigenvalue weighted by atomic mass is 10.1. The molecule has 0 radical (unpaired) electrons. The van der Waals surface area contributed by atoms with Crippen LogP contribution in [-0.2, 0) is 4.79 Å². The molecule has 0 unspecified atom stereocenters. The largest absolute Gasteiger partial charge is 0.480 e. The minimum Gasteiger partial charge on any atom is -0.480 e. The van der Waals surface area contributed by atoms with E-state index in [2.05, 4.69) is 15.3 Å². The minimum atomic E-state index is -1.03. The van der Waals surface area contributed by atoms with Crippen LogP contribution in [0.4, 0.5) is 0 Å². The summed E-state index contributed by atoms with van der Waals surface area (Å²) in [6.45, 7) is 0.402. The molecule has 4 rings (SSSR count). The summed E-state index contributed by atoms with van der Waals surface area (Å²) in [5.41, 5.74) is 7.50. The molecule has 9 heteroatoms. The third-order valence-electron chi connectivity index (χ3n) is 5.01. The summed E-state index contributed by atoms with van der Waals surface area (Å²) in [5, 5.41) is 12.0. The number of hydrogen-bond acceptors (Lipinski definition) is 7. The van der Waals surface area contributed by atoms with Gasteiger partial charge in [-0.3, -0.25) is 19.4 Å². The van der Waals surface area contributed by atoms with E-state index in [-0.39, 0.29) is 11.3 Å². The van der Waals surface area contributed by atoms with Gasteiger partial charge in [-0.2, -0.15) is 0 Å². The first-order chi connectivity index (χ1) is 14.9. The predicted molar refractivity (Wildman–Crippen MR) is 114 cm³/mol. The number of nitrogens with two attached hydrogens (primary N) is 1. The van der Waals surface area contributed by atoms with Crippen LogP contribution in [-0.4, -0.2) is 39.5 Å². The molecule has 2 heterocycles. The van der Waals surface area contributed by atoms with Gasteiger partial charge in [0.25, 0.3) is 5.91 Å². The number of nitrogens with one attached hydrogen (secondary N) is 1. The van der Waals surface area contributed by atoms with Gasteiger partial charge in [0, 0.05) is 24.4 Å². The molecule has 1 aliphatic carbocycles. The maximum Gasteiger partial charge on any atom is 0.320 e. The second-order valence-electron chi connectivity index (χ2n) is 7.21. The minimum absolute atomic E-state index is 0.194. The summed E-state index contributed by atoms with van der Waals surface area (Å²) in [6.07, 6.45) is 3.15. The van der Waals surface area contributed by atoms with E-state index in [0.29, 0.717) is 64.8 Å². The highest BCUT2D eigenvalue weighted by Crippen LogP contribution is 2.29. The zero-order chi connectivity index (χ0) is 22.0. The molecule has 0 bridgehead atoms. The van der Waals surface area contributed by atoms with Crippen molar-refractivity contribution < 1.29 is 19.1 Å². The van der Waals surface area contributed by atoms with E-state index >= 15 is 0 Å². The molecule has 0 fully saturated rings. The number of carbonyl (C=O) groups excluding carboxylic acids is 1. The van der Waals surface area contributed by atoms with Gasteiger partial charge >= 0.3 is 5.97 Å². The first kappa shape index (κ1) is 20.4. The van der Waals surface area contributed by atoms with E-state index in [1.807, 2.05) is 0 Å². The lowest BCUT2D eigenvalue weighted by Gasteiger charge is -2.10. The second kappa shape index (κ2) is 8.49. The number of amides is 1. The average molecular weight is 420 g/mol. The van der Waals surface area contributed by atoms with Gasteiger partial charge in [0.05, 0.1) is 5.39 Å².